The minimum Gasteiger partial charge on any atom is -0.393 e. The molecule has 0 saturated carbocycles. The maximum Gasteiger partial charge on any atom is 0.241 e. The van der Waals surface area contributed by atoms with E-state index in [0.29, 0.717) is 11.3 Å². The molecule has 0 unspecified atom stereocenters. The number of nitrogens with zero attached hydrogens (tertiary/aromatic N) is 2. The molecule has 0 radical (unpaired) electrons. The van der Waals surface area contributed by atoms with E-state index in [1.165, 1.54) is 0 Å². The SMILES string of the molecule is N#Cc1ccc(N2C(=O)[C@H]3[C@@H]4C=C[C@](CO)(O4)[C@@H]3C2=O)cc1. The molecule has 2 bridgehead atoms. The predicted octanol–water partition coefficient (Wildman–Crippen LogP) is 0.364. The predicted molar refractivity (Wildman–Crippen MR) is 74.5 cm³/mol. The van der Waals surface area contributed by atoms with Crippen LogP contribution in [0.15, 0.2) is 36.4 Å². The molecule has 0 aliphatic carbocycles. The van der Waals surface area contributed by atoms with E-state index in [1.807, 2.05) is 6.07 Å². The van der Waals surface area contributed by atoms with Crippen molar-refractivity contribution in [2.24, 2.45) is 11.8 Å². The van der Waals surface area contributed by atoms with E-state index in [4.69, 9.17) is 10.00 Å². The van der Waals surface area contributed by atoms with Gasteiger partial charge in [-0.3, -0.25) is 9.59 Å². The third-order valence-electron chi connectivity index (χ3n) is 4.66. The quantitative estimate of drug-likeness (QED) is 0.628. The molecule has 6 heteroatoms. The number of amides is 2. The van der Waals surface area contributed by atoms with E-state index < -0.39 is 23.5 Å². The van der Waals surface area contributed by atoms with E-state index in [1.54, 1.807) is 36.4 Å². The Labute approximate surface area is 126 Å². The Morgan fingerprint density at radius 3 is 2.64 bits per heavy atom. The number of hydrogen-bond donors (Lipinski definition) is 1. The van der Waals surface area contributed by atoms with Crippen molar-refractivity contribution in [1.82, 2.24) is 0 Å². The number of ether oxygens (including phenoxy) is 1. The number of carbonyl (C=O) groups excluding carboxylic acids is 2. The molecule has 22 heavy (non-hydrogen) atoms. The third-order valence-corrected chi connectivity index (χ3v) is 4.66. The summed E-state index contributed by atoms with van der Waals surface area (Å²) in [5.74, 6) is -1.94. The second kappa shape index (κ2) is 4.26. The van der Waals surface area contributed by atoms with Crippen molar-refractivity contribution in [1.29, 1.82) is 5.26 Å². The lowest BCUT2D eigenvalue weighted by molar-refractivity contribution is -0.128. The first-order chi connectivity index (χ1) is 10.6. The number of anilines is 1. The minimum absolute atomic E-state index is 0.315. The zero-order chi connectivity index (χ0) is 15.5. The molecule has 2 saturated heterocycles. The zero-order valence-corrected chi connectivity index (χ0v) is 11.5. The average molecular weight is 296 g/mol. The van der Waals surface area contributed by atoms with Gasteiger partial charge in [0.2, 0.25) is 11.8 Å². The van der Waals surface area contributed by atoms with Crippen LogP contribution in [0.1, 0.15) is 5.56 Å². The van der Waals surface area contributed by atoms with Gasteiger partial charge in [0.05, 0.1) is 41.9 Å². The van der Waals surface area contributed by atoms with E-state index in [-0.39, 0.29) is 18.4 Å². The fourth-order valence-electron chi connectivity index (χ4n) is 3.62. The molecular formula is C16H12N2O4. The fourth-order valence-corrected chi connectivity index (χ4v) is 3.62. The van der Waals surface area contributed by atoms with Crippen LogP contribution in [0.2, 0.25) is 0 Å². The van der Waals surface area contributed by atoms with Gasteiger partial charge in [-0.05, 0) is 24.3 Å². The minimum atomic E-state index is -1.08. The Morgan fingerprint density at radius 1 is 1.27 bits per heavy atom. The molecule has 4 atom stereocenters. The van der Waals surface area contributed by atoms with E-state index in [2.05, 4.69) is 0 Å². The topological polar surface area (TPSA) is 90.6 Å². The molecule has 6 nitrogen and oxygen atoms in total. The van der Waals surface area contributed by atoms with Gasteiger partial charge in [0.15, 0.2) is 0 Å². The Balaban J connectivity index is 1.74. The first kappa shape index (κ1) is 13.2. The Morgan fingerprint density at radius 2 is 2.00 bits per heavy atom. The number of benzene rings is 1. The molecule has 0 spiro atoms. The fraction of sp³-hybridized carbons (Fsp3) is 0.312. The Bertz CT molecular complexity index is 748. The van der Waals surface area contributed by atoms with Crippen molar-refractivity contribution in [2.45, 2.75) is 11.7 Å². The third kappa shape index (κ3) is 1.44. The smallest absolute Gasteiger partial charge is 0.241 e. The van der Waals surface area contributed by atoms with Crippen molar-refractivity contribution < 1.29 is 19.4 Å². The number of imide groups is 1. The summed E-state index contributed by atoms with van der Waals surface area (Å²) in [5.41, 5.74) is -0.181. The van der Waals surface area contributed by atoms with Gasteiger partial charge in [-0.1, -0.05) is 12.2 Å². The number of carbonyl (C=O) groups is 2. The molecule has 0 aromatic heterocycles. The average Bonchev–Trinajstić information content (AvgIpc) is 3.19. The van der Waals surface area contributed by atoms with E-state index in [9.17, 15) is 14.7 Å². The van der Waals surface area contributed by atoms with Gasteiger partial charge in [0, 0.05) is 0 Å². The lowest BCUT2D eigenvalue weighted by Gasteiger charge is -2.26. The van der Waals surface area contributed by atoms with Crippen LogP contribution in [0, 0.1) is 23.2 Å². The van der Waals surface area contributed by atoms with Crippen molar-refractivity contribution in [3.63, 3.8) is 0 Å². The van der Waals surface area contributed by atoms with Gasteiger partial charge in [0.1, 0.15) is 5.60 Å². The highest BCUT2D eigenvalue weighted by Crippen LogP contribution is 2.52. The second-order valence-corrected chi connectivity index (χ2v) is 5.73. The van der Waals surface area contributed by atoms with E-state index >= 15 is 0 Å². The molecule has 4 rings (SSSR count). The van der Waals surface area contributed by atoms with Gasteiger partial charge in [-0.2, -0.15) is 5.26 Å². The summed E-state index contributed by atoms with van der Waals surface area (Å²) in [6, 6.07) is 8.29. The van der Waals surface area contributed by atoms with Crippen LogP contribution in [0.5, 0.6) is 0 Å². The zero-order valence-electron chi connectivity index (χ0n) is 11.5. The first-order valence-corrected chi connectivity index (χ1v) is 6.97. The lowest BCUT2D eigenvalue weighted by atomic mass is 9.77. The number of rotatable bonds is 2. The van der Waals surface area contributed by atoms with Crippen LogP contribution in [-0.4, -0.2) is 35.2 Å². The molecule has 2 amide bonds. The summed E-state index contributed by atoms with van der Waals surface area (Å²) in [5, 5.41) is 18.4. The molecular weight excluding hydrogens is 284 g/mol. The standard InChI is InChI=1S/C16H12N2O4/c17-7-9-1-3-10(4-2-9)18-14(20)12-11-5-6-16(8-19,22-11)13(12)15(18)21/h1-6,11-13,19H,8H2/t11-,12-,13-,16+/m0/s1. The molecule has 3 heterocycles. The lowest BCUT2D eigenvalue weighted by Crippen LogP contribution is -2.43. The Kier molecular flexibility index (Phi) is 2.55. The number of aliphatic hydroxyl groups is 1. The highest BCUT2D eigenvalue weighted by atomic mass is 16.5. The normalized spacial score (nSPS) is 35.1. The van der Waals surface area contributed by atoms with E-state index in [0.717, 1.165) is 4.90 Å². The molecule has 110 valence electrons. The molecule has 1 aromatic rings. The summed E-state index contributed by atoms with van der Waals surface area (Å²) in [6.07, 6.45) is 2.97. The molecule has 1 N–H and O–H groups in total. The molecule has 1 aromatic carbocycles. The summed E-state index contributed by atoms with van der Waals surface area (Å²) in [7, 11) is 0. The monoisotopic (exact) mass is 296 g/mol. The van der Waals surface area contributed by atoms with Crippen LogP contribution in [0.25, 0.3) is 0 Å². The van der Waals surface area contributed by atoms with Crippen molar-refractivity contribution in [3.05, 3.63) is 42.0 Å². The summed E-state index contributed by atoms with van der Waals surface area (Å²) in [4.78, 5) is 26.5. The number of fused-ring (bicyclic) bond motifs is 5. The molecule has 3 aliphatic heterocycles. The second-order valence-electron chi connectivity index (χ2n) is 5.73. The van der Waals surface area contributed by atoms with Crippen molar-refractivity contribution in [3.8, 4) is 6.07 Å². The largest absolute Gasteiger partial charge is 0.393 e. The number of hydrogen-bond acceptors (Lipinski definition) is 5. The first-order valence-electron chi connectivity index (χ1n) is 6.97. The van der Waals surface area contributed by atoms with Crippen LogP contribution < -0.4 is 4.90 Å². The van der Waals surface area contributed by atoms with Crippen LogP contribution in [0.4, 0.5) is 5.69 Å². The van der Waals surface area contributed by atoms with Crippen molar-refractivity contribution in [2.75, 3.05) is 11.5 Å². The summed E-state index contributed by atoms with van der Waals surface area (Å²) in [6.45, 7) is -0.332. The summed E-state index contributed by atoms with van der Waals surface area (Å²) < 4.78 is 5.67. The van der Waals surface area contributed by atoms with Gasteiger partial charge < -0.3 is 9.84 Å². The highest BCUT2D eigenvalue weighted by molar-refractivity contribution is 6.23. The highest BCUT2D eigenvalue weighted by Gasteiger charge is 2.67. The number of nitriles is 1. The van der Waals surface area contributed by atoms with Gasteiger partial charge in [-0.25, -0.2) is 4.90 Å². The van der Waals surface area contributed by atoms with Crippen molar-refractivity contribution >= 4 is 17.5 Å². The summed E-state index contributed by atoms with van der Waals surface area (Å²) >= 11 is 0. The maximum atomic E-state index is 12.7. The Hall–Kier alpha value is -2.49. The number of aliphatic hydroxyl groups excluding tert-OH is 1. The van der Waals surface area contributed by atoms with Crippen LogP contribution in [-0.2, 0) is 14.3 Å². The van der Waals surface area contributed by atoms with Crippen LogP contribution >= 0.6 is 0 Å². The maximum absolute atomic E-state index is 12.7. The van der Waals surface area contributed by atoms with Gasteiger partial charge >= 0.3 is 0 Å². The molecule has 3 aliphatic rings. The molecule has 2 fully saturated rings. The van der Waals surface area contributed by atoms with Gasteiger partial charge in [-0.15, -0.1) is 0 Å². The van der Waals surface area contributed by atoms with Gasteiger partial charge in [0.25, 0.3) is 0 Å². The van der Waals surface area contributed by atoms with Crippen LogP contribution in [0.3, 0.4) is 0 Å².